The average molecular weight is 222 g/mol. The zero-order valence-corrected chi connectivity index (χ0v) is 9.47. The third kappa shape index (κ3) is 2.13. The van der Waals surface area contributed by atoms with Gasteiger partial charge in [-0.25, -0.2) is 0 Å². The number of ether oxygens (including phenoxy) is 1. The molecule has 2 rings (SSSR count). The summed E-state index contributed by atoms with van der Waals surface area (Å²) >= 11 is 0. The number of β-amino-alcohol motifs (C(OH)–C–C–N with tert-alkyl or cyclic N) is 1. The van der Waals surface area contributed by atoms with Crippen molar-refractivity contribution in [1.82, 2.24) is 0 Å². The van der Waals surface area contributed by atoms with Crippen LogP contribution in [0.3, 0.4) is 0 Å². The fraction of sp³-hybridized carbons (Fsp3) is 0.500. The Morgan fingerprint density at radius 3 is 2.88 bits per heavy atom. The second-order valence-corrected chi connectivity index (χ2v) is 4.02. The lowest BCUT2D eigenvalue weighted by molar-refractivity contribution is -0.00189. The molecule has 4 heteroatoms. The molecule has 1 heterocycles. The second kappa shape index (κ2) is 4.72. The van der Waals surface area contributed by atoms with E-state index in [1.807, 2.05) is 31.2 Å². The van der Waals surface area contributed by atoms with Crippen molar-refractivity contribution < 1.29 is 9.84 Å². The predicted octanol–water partition coefficient (Wildman–Crippen LogP) is 0.855. The van der Waals surface area contributed by atoms with Gasteiger partial charge in [0.05, 0.1) is 17.5 Å². The summed E-state index contributed by atoms with van der Waals surface area (Å²) in [6.45, 7) is 3.84. The Balaban J connectivity index is 2.11. The van der Waals surface area contributed by atoms with Crippen LogP contribution in [0.1, 0.15) is 6.92 Å². The zero-order chi connectivity index (χ0) is 11.5. The van der Waals surface area contributed by atoms with Crippen LogP contribution in [0.15, 0.2) is 24.3 Å². The Morgan fingerprint density at radius 1 is 1.44 bits per heavy atom. The van der Waals surface area contributed by atoms with Gasteiger partial charge < -0.3 is 20.5 Å². The van der Waals surface area contributed by atoms with Gasteiger partial charge in [-0.05, 0) is 19.1 Å². The van der Waals surface area contributed by atoms with Crippen molar-refractivity contribution in [3.63, 3.8) is 0 Å². The summed E-state index contributed by atoms with van der Waals surface area (Å²) in [4.78, 5) is 2.07. The van der Waals surface area contributed by atoms with Gasteiger partial charge in [0.1, 0.15) is 6.10 Å². The SMILES string of the molecule is CCO[C@H]1CN(c2ccccc2N)C[C@@H]1O. The number of nitrogens with zero attached hydrogens (tertiary/aromatic N) is 1. The molecule has 1 aromatic carbocycles. The van der Waals surface area contributed by atoms with Crippen molar-refractivity contribution >= 4 is 11.4 Å². The zero-order valence-electron chi connectivity index (χ0n) is 9.47. The molecule has 0 aromatic heterocycles. The monoisotopic (exact) mass is 222 g/mol. The van der Waals surface area contributed by atoms with Crippen LogP contribution in [-0.2, 0) is 4.74 Å². The Kier molecular flexibility index (Phi) is 3.31. The summed E-state index contributed by atoms with van der Waals surface area (Å²) in [6.07, 6.45) is -0.538. The van der Waals surface area contributed by atoms with Gasteiger partial charge in [-0.15, -0.1) is 0 Å². The van der Waals surface area contributed by atoms with Crippen molar-refractivity contribution in [3.8, 4) is 0 Å². The van der Waals surface area contributed by atoms with Crippen molar-refractivity contribution in [3.05, 3.63) is 24.3 Å². The molecule has 0 spiro atoms. The molecular weight excluding hydrogens is 204 g/mol. The van der Waals surface area contributed by atoms with Gasteiger partial charge in [0, 0.05) is 19.7 Å². The maximum atomic E-state index is 9.84. The van der Waals surface area contributed by atoms with Crippen LogP contribution in [0.4, 0.5) is 11.4 Å². The van der Waals surface area contributed by atoms with Crippen LogP contribution in [0, 0.1) is 0 Å². The van der Waals surface area contributed by atoms with Gasteiger partial charge in [-0.2, -0.15) is 0 Å². The second-order valence-electron chi connectivity index (χ2n) is 4.02. The minimum Gasteiger partial charge on any atom is -0.397 e. The Labute approximate surface area is 95.6 Å². The third-order valence-corrected chi connectivity index (χ3v) is 2.90. The highest BCUT2D eigenvalue weighted by Crippen LogP contribution is 2.27. The highest BCUT2D eigenvalue weighted by Gasteiger charge is 2.32. The van der Waals surface area contributed by atoms with E-state index in [-0.39, 0.29) is 6.10 Å². The van der Waals surface area contributed by atoms with Gasteiger partial charge in [0.2, 0.25) is 0 Å². The number of benzene rings is 1. The molecule has 0 unspecified atom stereocenters. The number of nitrogen functional groups attached to an aromatic ring is 1. The van der Waals surface area contributed by atoms with E-state index in [1.54, 1.807) is 0 Å². The summed E-state index contributed by atoms with van der Waals surface area (Å²) in [6, 6.07) is 7.70. The van der Waals surface area contributed by atoms with Crippen molar-refractivity contribution in [2.75, 3.05) is 30.3 Å². The lowest BCUT2D eigenvalue weighted by Crippen LogP contribution is -2.26. The van der Waals surface area contributed by atoms with Crippen LogP contribution >= 0.6 is 0 Å². The quantitative estimate of drug-likeness (QED) is 0.745. The number of rotatable bonds is 3. The summed E-state index contributed by atoms with van der Waals surface area (Å²) in [5.41, 5.74) is 7.62. The molecule has 2 atom stereocenters. The fourth-order valence-electron chi connectivity index (χ4n) is 2.11. The predicted molar refractivity (Wildman–Crippen MR) is 64.5 cm³/mol. The maximum absolute atomic E-state index is 9.84. The third-order valence-electron chi connectivity index (χ3n) is 2.90. The van der Waals surface area contributed by atoms with E-state index in [0.717, 1.165) is 11.4 Å². The van der Waals surface area contributed by atoms with Gasteiger partial charge in [-0.3, -0.25) is 0 Å². The molecule has 1 aromatic rings. The van der Waals surface area contributed by atoms with E-state index >= 15 is 0 Å². The summed E-state index contributed by atoms with van der Waals surface area (Å²) in [5.74, 6) is 0. The largest absolute Gasteiger partial charge is 0.397 e. The average Bonchev–Trinajstić information content (AvgIpc) is 2.61. The molecule has 0 amide bonds. The number of hydrogen-bond donors (Lipinski definition) is 2. The number of hydrogen-bond acceptors (Lipinski definition) is 4. The first kappa shape index (κ1) is 11.2. The first-order valence-corrected chi connectivity index (χ1v) is 5.61. The van der Waals surface area contributed by atoms with E-state index in [4.69, 9.17) is 10.5 Å². The lowest BCUT2D eigenvalue weighted by atomic mass is 10.2. The van der Waals surface area contributed by atoms with Gasteiger partial charge in [-0.1, -0.05) is 12.1 Å². The van der Waals surface area contributed by atoms with Gasteiger partial charge in [0.25, 0.3) is 0 Å². The first-order chi connectivity index (χ1) is 7.72. The van der Waals surface area contributed by atoms with Crippen LogP contribution in [0.5, 0.6) is 0 Å². The van der Waals surface area contributed by atoms with Crippen molar-refractivity contribution in [1.29, 1.82) is 0 Å². The minimum absolute atomic E-state index is 0.107. The number of aliphatic hydroxyl groups excluding tert-OH is 1. The lowest BCUT2D eigenvalue weighted by Gasteiger charge is -2.19. The van der Waals surface area contributed by atoms with Crippen LogP contribution in [0.2, 0.25) is 0 Å². The van der Waals surface area contributed by atoms with E-state index in [0.29, 0.717) is 19.7 Å². The van der Waals surface area contributed by atoms with Crippen molar-refractivity contribution in [2.45, 2.75) is 19.1 Å². The van der Waals surface area contributed by atoms with Crippen molar-refractivity contribution in [2.24, 2.45) is 0 Å². The molecule has 1 saturated heterocycles. The minimum atomic E-state index is -0.431. The molecule has 16 heavy (non-hydrogen) atoms. The van der Waals surface area contributed by atoms with Crippen LogP contribution < -0.4 is 10.6 Å². The number of anilines is 2. The molecule has 88 valence electrons. The normalized spacial score (nSPS) is 25.0. The van der Waals surface area contributed by atoms with Gasteiger partial charge >= 0.3 is 0 Å². The number of aliphatic hydroxyl groups is 1. The molecule has 0 saturated carbocycles. The molecule has 0 bridgehead atoms. The van der Waals surface area contributed by atoms with Gasteiger partial charge in [0.15, 0.2) is 0 Å². The molecule has 4 nitrogen and oxygen atoms in total. The molecule has 1 aliphatic heterocycles. The Morgan fingerprint density at radius 2 is 2.19 bits per heavy atom. The molecule has 3 N–H and O–H groups in total. The summed E-state index contributed by atoms with van der Waals surface area (Å²) in [7, 11) is 0. The molecule has 0 aliphatic carbocycles. The van der Waals surface area contributed by atoms with Crippen LogP contribution in [-0.4, -0.2) is 37.0 Å². The smallest absolute Gasteiger partial charge is 0.102 e. The number of nitrogens with two attached hydrogens (primary N) is 1. The molecule has 1 fully saturated rings. The van der Waals surface area contributed by atoms with E-state index in [1.165, 1.54) is 0 Å². The Hall–Kier alpha value is -1.26. The van der Waals surface area contributed by atoms with E-state index < -0.39 is 6.10 Å². The highest BCUT2D eigenvalue weighted by atomic mass is 16.5. The Bertz CT molecular complexity index is 357. The standard InChI is InChI=1S/C12H18N2O2/c1-2-16-12-8-14(7-11(12)15)10-6-4-3-5-9(10)13/h3-6,11-12,15H,2,7-8,13H2,1H3/t11-,12-/m0/s1. The topological polar surface area (TPSA) is 58.7 Å². The molecule has 0 radical (unpaired) electrons. The van der Waals surface area contributed by atoms with Crippen LogP contribution in [0.25, 0.3) is 0 Å². The number of para-hydroxylation sites is 2. The van der Waals surface area contributed by atoms with E-state index in [2.05, 4.69) is 4.90 Å². The molecule has 1 aliphatic rings. The highest BCUT2D eigenvalue weighted by molar-refractivity contribution is 5.67. The van der Waals surface area contributed by atoms with E-state index in [9.17, 15) is 5.11 Å². The summed E-state index contributed by atoms with van der Waals surface area (Å²) < 4.78 is 5.47. The maximum Gasteiger partial charge on any atom is 0.102 e. The fourth-order valence-corrected chi connectivity index (χ4v) is 2.11. The summed E-state index contributed by atoms with van der Waals surface area (Å²) in [5, 5.41) is 9.84. The first-order valence-electron chi connectivity index (χ1n) is 5.61. The molecular formula is C12H18N2O2.